The van der Waals surface area contributed by atoms with Crippen molar-refractivity contribution >= 4 is 39.2 Å². The summed E-state index contributed by atoms with van der Waals surface area (Å²) in [4.78, 5) is 19.8. The smallest absolute Gasteiger partial charge is 0.168 e. The van der Waals surface area contributed by atoms with E-state index in [4.69, 9.17) is 17.3 Å². The Hall–Kier alpha value is -4.93. The lowest BCUT2D eigenvalue weighted by atomic mass is 9.98. The van der Waals surface area contributed by atoms with Crippen LogP contribution < -0.4 is 10.6 Å². The molecule has 0 aliphatic carbocycles. The van der Waals surface area contributed by atoms with Gasteiger partial charge in [-0.05, 0) is 98.8 Å². The van der Waals surface area contributed by atoms with E-state index in [1.54, 1.807) is 0 Å². The minimum Gasteiger partial charge on any atom is -0.507 e. The maximum Gasteiger partial charge on any atom is 0.168 e. The van der Waals surface area contributed by atoms with Gasteiger partial charge in [-0.15, -0.1) is 0 Å². The molecule has 0 radical (unpaired) electrons. The van der Waals surface area contributed by atoms with Crippen LogP contribution in [0.25, 0.3) is 44.6 Å². The van der Waals surface area contributed by atoms with E-state index in [0.29, 0.717) is 23.4 Å². The highest BCUT2D eigenvalue weighted by molar-refractivity contribution is 6.34. The zero-order valence-electron chi connectivity index (χ0n) is 25.9. The van der Waals surface area contributed by atoms with E-state index < -0.39 is 11.6 Å². The van der Waals surface area contributed by atoms with Gasteiger partial charge in [0.05, 0.1) is 22.2 Å². The summed E-state index contributed by atoms with van der Waals surface area (Å²) in [6, 6.07) is 19.8. The van der Waals surface area contributed by atoms with Crippen molar-refractivity contribution in [1.82, 2.24) is 19.9 Å². The summed E-state index contributed by atoms with van der Waals surface area (Å²) in [5, 5.41) is 21.9. The summed E-state index contributed by atoms with van der Waals surface area (Å²) < 4.78 is 28.3. The summed E-state index contributed by atoms with van der Waals surface area (Å²) in [5.74, 6) is -0.0355. The van der Waals surface area contributed by atoms with Gasteiger partial charge in [0.2, 0.25) is 0 Å². The second-order valence-electron chi connectivity index (χ2n) is 11.7. The van der Waals surface area contributed by atoms with Gasteiger partial charge in [-0.25, -0.2) is 28.7 Å². The first-order valence-corrected chi connectivity index (χ1v) is 15.6. The fourth-order valence-corrected chi connectivity index (χ4v) is 6.05. The minimum absolute atomic E-state index is 0.0366. The molecule has 4 aromatic carbocycles. The maximum absolute atomic E-state index is 14.4. The highest BCUT2D eigenvalue weighted by Gasteiger charge is 2.24. The van der Waals surface area contributed by atoms with Crippen molar-refractivity contribution < 1.29 is 19.0 Å². The lowest BCUT2D eigenvalue weighted by Crippen LogP contribution is -2.39. The molecule has 11 heteroatoms. The zero-order valence-corrected chi connectivity index (χ0v) is 26.6. The fraction of sp³-hybridized carbons (Fsp3) is 0.222. The first-order valence-electron chi connectivity index (χ1n) is 15.3. The lowest BCUT2D eigenvalue weighted by molar-refractivity contribution is 0.422. The Labute approximate surface area is 275 Å². The third-order valence-electron chi connectivity index (χ3n) is 8.22. The Balaban J connectivity index is 0.000000172. The molecule has 1 aliphatic heterocycles. The minimum atomic E-state index is -0.590. The van der Waals surface area contributed by atoms with E-state index in [2.05, 4.69) is 24.8 Å². The molecule has 0 bridgehead atoms. The van der Waals surface area contributed by atoms with E-state index in [0.717, 1.165) is 53.8 Å². The van der Waals surface area contributed by atoms with Crippen LogP contribution >= 0.6 is 11.6 Å². The summed E-state index contributed by atoms with van der Waals surface area (Å²) >= 11 is 6.11. The van der Waals surface area contributed by atoms with E-state index in [9.17, 15) is 19.0 Å². The van der Waals surface area contributed by atoms with Crippen LogP contribution in [0.5, 0.6) is 11.5 Å². The molecule has 3 heterocycles. The van der Waals surface area contributed by atoms with Gasteiger partial charge >= 0.3 is 0 Å². The molecule has 1 aliphatic rings. The first kappa shape index (κ1) is 32.0. The highest BCUT2D eigenvalue weighted by atomic mass is 35.5. The number of aryl methyl sites for hydroxylation is 2. The van der Waals surface area contributed by atoms with Crippen molar-refractivity contribution in [2.75, 3.05) is 24.5 Å². The molecule has 1 saturated heterocycles. The molecule has 0 unspecified atom stereocenters. The quantitative estimate of drug-likeness (QED) is 0.165. The maximum atomic E-state index is 14.4. The monoisotopic (exact) mass is 654 g/mol. The van der Waals surface area contributed by atoms with Gasteiger partial charge in [0.1, 0.15) is 34.1 Å². The number of hydrogen-bond donors (Lipinski definition) is 3. The third-order valence-corrected chi connectivity index (χ3v) is 8.51. The van der Waals surface area contributed by atoms with E-state index in [-0.39, 0.29) is 39.4 Å². The van der Waals surface area contributed by atoms with Gasteiger partial charge in [0.15, 0.2) is 11.6 Å². The topological polar surface area (TPSA) is 121 Å². The third kappa shape index (κ3) is 6.65. The Morgan fingerprint density at radius 1 is 0.787 bits per heavy atom. The van der Waals surface area contributed by atoms with Crippen LogP contribution in [0.4, 0.5) is 14.6 Å². The number of aromatic nitrogens is 4. The van der Waals surface area contributed by atoms with Crippen molar-refractivity contribution in [3.05, 3.63) is 101 Å². The second-order valence-corrected chi connectivity index (χ2v) is 12.1. The molecule has 0 amide bonds. The number of fused-ring (bicyclic) bond motifs is 2. The van der Waals surface area contributed by atoms with Gasteiger partial charge in [0.25, 0.3) is 0 Å². The van der Waals surface area contributed by atoms with Gasteiger partial charge < -0.3 is 20.8 Å². The summed E-state index contributed by atoms with van der Waals surface area (Å²) in [7, 11) is 0. The number of rotatable bonds is 4. The summed E-state index contributed by atoms with van der Waals surface area (Å²) in [6.07, 6.45) is 2.15. The Morgan fingerprint density at radius 3 is 1.91 bits per heavy atom. The van der Waals surface area contributed by atoms with Crippen LogP contribution in [0.15, 0.2) is 72.8 Å². The summed E-state index contributed by atoms with van der Waals surface area (Å²) in [5.41, 5.74) is 9.32. The SMILES string of the molecule is Cc1ccc2c(Cl)nc(-c3c(O)cccc3F)nc2c1.Cc1ccc2c(N3CCC[C@@H](CN)C3)nc(-c3c(O)cccc3F)nc2c1. The second kappa shape index (κ2) is 13.4. The van der Waals surface area contributed by atoms with E-state index >= 15 is 0 Å². The molecular weight excluding hydrogens is 622 g/mol. The van der Waals surface area contributed by atoms with Gasteiger partial charge in [-0.2, -0.15) is 0 Å². The van der Waals surface area contributed by atoms with Crippen molar-refractivity contribution in [2.24, 2.45) is 11.7 Å². The van der Waals surface area contributed by atoms with Crippen LogP contribution in [0, 0.1) is 31.4 Å². The Kier molecular flexibility index (Phi) is 9.15. The number of halogens is 3. The number of piperidine rings is 1. The molecule has 6 aromatic rings. The van der Waals surface area contributed by atoms with Crippen LogP contribution in [-0.2, 0) is 0 Å². The van der Waals surface area contributed by atoms with Crippen LogP contribution in [0.3, 0.4) is 0 Å². The highest BCUT2D eigenvalue weighted by Crippen LogP contribution is 2.35. The normalized spacial score (nSPS) is 14.7. The lowest BCUT2D eigenvalue weighted by Gasteiger charge is -2.33. The molecular formula is C36H33ClF2N6O2. The zero-order chi connectivity index (χ0) is 33.2. The molecule has 2 aromatic heterocycles. The Morgan fingerprint density at radius 2 is 1.34 bits per heavy atom. The van der Waals surface area contributed by atoms with Crippen LogP contribution in [-0.4, -0.2) is 49.8 Å². The average Bonchev–Trinajstić information content (AvgIpc) is 3.04. The van der Waals surface area contributed by atoms with Crippen LogP contribution in [0.1, 0.15) is 24.0 Å². The number of aromatic hydroxyl groups is 2. The number of nitrogens with zero attached hydrogens (tertiary/aromatic N) is 5. The van der Waals surface area contributed by atoms with Crippen molar-refractivity contribution in [2.45, 2.75) is 26.7 Å². The van der Waals surface area contributed by atoms with E-state index in [1.165, 1.54) is 36.4 Å². The Bertz CT molecular complexity index is 2070. The predicted molar refractivity (Wildman–Crippen MR) is 182 cm³/mol. The standard InChI is InChI=1S/C21H23FN4O.C15H10ClFN2O/c1-13-7-8-15-17(10-13)24-20(19-16(22)5-2-6-18(19)27)25-21(15)26-9-3-4-14(11-23)12-26;1-8-5-6-9-11(7-8)18-15(19-14(9)16)13-10(17)3-2-4-12(13)20/h2,5-8,10,14,27H,3-4,9,11-12,23H2,1H3;2-7,20H,1H3/t14-;/m0./s1. The van der Waals surface area contributed by atoms with Crippen molar-refractivity contribution in [1.29, 1.82) is 0 Å². The molecule has 4 N–H and O–H groups in total. The molecule has 0 saturated carbocycles. The molecule has 8 nitrogen and oxygen atoms in total. The predicted octanol–water partition coefficient (Wildman–Crippen LogP) is 7.73. The average molecular weight is 655 g/mol. The fourth-order valence-electron chi connectivity index (χ4n) is 5.81. The number of nitrogens with two attached hydrogens (primary N) is 1. The van der Waals surface area contributed by atoms with Gasteiger partial charge in [0, 0.05) is 23.9 Å². The van der Waals surface area contributed by atoms with Gasteiger partial charge in [-0.3, -0.25) is 0 Å². The summed E-state index contributed by atoms with van der Waals surface area (Å²) in [6.45, 7) is 6.25. The molecule has 7 rings (SSSR count). The van der Waals surface area contributed by atoms with E-state index in [1.807, 2.05) is 50.2 Å². The number of hydrogen-bond acceptors (Lipinski definition) is 8. The number of benzene rings is 4. The number of anilines is 1. The molecule has 1 atom stereocenters. The molecule has 240 valence electrons. The molecule has 1 fully saturated rings. The van der Waals surface area contributed by atoms with Crippen LogP contribution in [0.2, 0.25) is 5.15 Å². The van der Waals surface area contributed by atoms with Crippen molar-refractivity contribution in [3.63, 3.8) is 0 Å². The largest absolute Gasteiger partial charge is 0.507 e. The van der Waals surface area contributed by atoms with Crippen molar-refractivity contribution in [3.8, 4) is 34.3 Å². The number of phenols is 2. The first-order chi connectivity index (χ1) is 22.6. The molecule has 47 heavy (non-hydrogen) atoms. The number of phenolic OH excluding ortho intramolecular Hbond substituents is 2. The molecule has 0 spiro atoms. The van der Waals surface area contributed by atoms with Gasteiger partial charge in [-0.1, -0.05) is 35.9 Å².